The molecule has 1 aromatic heterocycles. The number of halogens is 1. The van der Waals surface area contributed by atoms with Crippen molar-refractivity contribution in [1.82, 2.24) is 9.97 Å². The highest BCUT2D eigenvalue weighted by atomic mass is 19.1. The summed E-state index contributed by atoms with van der Waals surface area (Å²) in [5.74, 6) is -0.473. The number of nitrogens with two attached hydrogens (primary N) is 1. The smallest absolute Gasteiger partial charge is 0.221 e. The van der Waals surface area contributed by atoms with Crippen molar-refractivity contribution < 1.29 is 4.39 Å². The number of nitriles is 1. The van der Waals surface area contributed by atoms with Crippen LogP contribution >= 0.6 is 0 Å². The maximum absolute atomic E-state index is 13.8. The van der Waals surface area contributed by atoms with Crippen molar-refractivity contribution >= 4 is 5.95 Å². The van der Waals surface area contributed by atoms with Crippen LogP contribution in [0.5, 0.6) is 0 Å². The molecule has 0 aliphatic heterocycles. The van der Waals surface area contributed by atoms with Crippen molar-refractivity contribution in [3.05, 3.63) is 66.0 Å². The van der Waals surface area contributed by atoms with Crippen molar-refractivity contribution in [2.45, 2.75) is 0 Å². The van der Waals surface area contributed by atoms with Crippen LogP contribution in [0, 0.1) is 17.1 Å². The predicted octanol–water partition coefficient (Wildman–Crippen LogP) is 3.40. The minimum atomic E-state index is -0.585. The summed E-state index contributed by atoms with van der Waals surface area (Å²) in [6.07, 6.45) is 0. The van der Waals surface area contributed by atoms with Crippen LogP contribution in [0.1, 0.15) is 5.56 Å². The molecule has 4 nitrogen and oxygen atoms in total. The Labute approximate surface area is 126 Å². The average molecular weight is 290 g/mol. The van der Waals surface area contributed by atoms with Crippen molar-refractivity contribution in [2.75, 3.05) is 5.73 Å². The second-order valence-electron chi connectivity index (χ2n) is 4.67. The summed E-state index contributed by atoms with van der Waals surface area (Å²) in [5.41, 5.74) is 8.36. The zero-order valence-electron chi connectivity index (χ0n) is 11.5. The molecule has 22 heavy (non-hydrogen) atoms. The van der Waals surface area contributed by atoms with Crippen LogP contribution in [0.15, 0.2) is 54.6 Å². The zero-order valence-corrected chi connectivity index (χ0v) is 11.5. The Morgan fingerprint density at radius 3 is 2.23 bits per heavy atom. The van der Waals surface area contributed by atoms with Crippen LogP contribution in [0.25, 0.3) is 22.5 Å². The molecule has 3 aromatic rings. The lowest BCUT2D eigenvalue weighted by molar-refractivity contribution is 0.624. The van der Waals surface area contributed by atoms with E-state index in [0.29, 0.717) is 17.0 Å². The fourth-order valence-electron chi connectivity index (χ4n) is 2.14. The van der Waals surface area contributed by atoms with Crippen LogP contribution in [0.3, 0.4) is 0 Å². The normalized spacial score (nSPS) is 10.2. The lowest BCUT2D eigenvalue weighted by Crippen LogP contribution is -1.99. The third kappa shape index (κ3) is 2.63. The third-order valence-electron chi connectivity index (χ3n) is 3.20. The first kappa shape index (κ1) is 13.7. The highest BCUT2D eigenvalue weighted by Crippen LogP contribution is 2.25. The molecule has 2 N–H and O–H groups in total. The Morgan fingerprint density at radius 2 is 1.59 bits per heavy atom. The summed E-state index contributed by atoms with van der Waals surface area (Å²) < 4.78 is 13.8. The molecule has 0 saturated carbocycles. The Hall–Kier alpha value is -3.26. The maximum Gasteiger partial charge on any atom is 0.221 e. The SMILES string of the molecule is N#Cc1ccc(-c2cc(-c3ccccc3)nc(N)n2)cc1F. The number of nitrogen functional groups attached to an aromatic ring is 1. The van der Waals surface area contributed by atoms with E-state index < -0.39 is 5.82 Å². The Kier molecular flexibility index (Phi) is 3.50. The van der Waals surface area contributed by atoms with Crippen LogP contribution in [-0.2, 0) is 0 Å². The van der Waals surface area contributed by atoms with Crippen LogP contribution in [-0.4, -0.2) is 9.97 Å². The van der Waals surface area contributed by atoms with Gasteiger partial charge in [0, 0.05) is 11.1 Å². The average Bonchev–Trinajstić information content (AvgIpc) is 2.55. The molecule has 0 saturated heterocycles. The van der Waals surface area contributed by atoms with Gasteiger partial charge in [-0.25, -0.2) is 14.4 Å². The van der Waals surface area contributed by atoms with Gasteiger partial charge in [-0.1, -0.05) is 36.4 Å². The molecule has 1 heterocycles. The largest absolute Gasteiger partial charge is 0.368 e. The second-order valence-corrected chi connectivity index (χ2v) is 4.67. The van der Waals surface area contributed by atoms with Crippen LogP contribution < -0.4 is 5.73 Å². The quantitative estimate of drug-likeness (QED) is 0.784. The lowest BCUT2D eigenvalue weighted by Gasteiger charge is -2.07. The summed E-state index contributed by atoms with van der Waals surface area (Å²) in [4.78, 5) is 8.35. The van der Waals surface area contributed by atoms with Gasteiger partial charge in [0.05, 0.1) is 17.0 Å². The van der Waals surface area contributed by atoms with Gasteiger partial charge in [-0.05, 0) is 18.2 Å². The van der Waals surface area contributed by atoms with Crippen molar-refractivity contribution in [3.63, 3.8) is 0 Å². The Bertz CT molecular complexity index is 870. The number of rotatable bonds is 2. The number of anilines is 1. The van der Waals surface area contributed by atoms with E-state index in [1.165, 1.54) is 12.1 Å². The van der Waals surface area contributed by atoms with E-state index in [-0.39, 0.29) is 11.5 Å². The predicted molar refractivity (Wildman–Crippen MR) is 82.0 cm³/mol. The molecule has 0 atom stereocenters. The molecule has 0 unspecified atom stereocenters. The van der Waals surface area contributed by atoms with Gasteiger partial charge in [-0.2, -0.15) is 5.26 Å². The van der Waals surface area contributed by atoms with Crippen LogP contribution in [0.4, 0.5) is 10.3 Å². The molecule has 0 radical (unpaired) electrons. The van der Waals surface area contributed by atoms with Gasteiger partial charge in [-0.15, -0.1) is 0 Å². The van der Waals surface area contributed by atoms with E-state index in [4.69, 9.17) is 11.0 Å². The molecule has 0 aliphatic rings. The molecule has 0 bridgehead atoms. The summed E-state index contributed by atoms with van der Waals surface area (Å²) in [7, 11) is 0. The lowest BCUT2D eigenvalue weighted by atomic mass is 10.1. The third-order valence-corrected chi connectivity index (χ3v) is 3.20. The molecule has 0 amide bonds. The van der Waals surface area contributed by atoms with Gasteiger partial charge >= 0.3 is 0 Å². The van der Waals surface area contributed by atoms with Gasteiger partial charge < -0.3 is 5.73 Å². The summed E-state index contributed by atoms with van der Waals surface area (Å²) >= 11 is 0. The summed E-state index contributed by atoms with van der Waals surface area (Å²) in [6, 6.07) is 17.4. The van der Waals surface area contributed by atoms with Crippen LogP contribution in [0.2, 0.25) is 0 Å². The molecule has 5 heteroatoms. The van der Waals surface area contributed by atoms with Gasteiger partial charge in [0.1, 0.15) is 11.9 Å². The van der Waals surface area contributed by atoms with Crippen molar-refractivity contribution in [3.8, 4) is 28.6 Å². The Morgan fingerprint density at radius 1 is 0.909 bits per heavy atom. The number of benzene rings is 2. The van der Waals surface area contributed by atoms with Gasteiger partial charge in [0.2, 0.25) is 5.95 Å². The topological polar surface area (TPSA) is 75.6 Å². The van der Waals surface area contributed by atoms with E-state index >= 15 is 0 Å². The highest BCUT2D eigenvalue weighted by molar-refractivity contribution is 5.69. The first-order valence-corrected chi connectivity index (χ1v) is 6.57. The minimum Gasteiger partial charge on any atom is -0.368 e. The molecule has 0 fully saturated rings. The summed E-state index contributed by atoms with van der Waals surface area (Å²) in [6.45, 7) is 0. The molecular weight excluding hydrogens is 279 g/mol. The van der Waals surface area contributed by atoms with E-state index in [2.05, 4.69) is 9.97 Å². The number of hydrogen-bond acceptors (Lipinski definition) is 4. The zero-order chi connectivity index (χ0) is 15.5. The van der Waals surface area contributed by atoms with E-state index in [1.54, 1.807) is 18.2 Å². The van der Waals surface area contributed by atoms with E-state index in [1.807, 2.05) is 30.3 Å². The highest BCUT2D eigenvalue weighted by Gasteiger charge is 2.09. The van der Waals surface area contributed by atoms with E-state index in [0.717, 1.165) is 5.56 Å². The van der Waals surface area contributed by atoms with Crippen molar-refractivity contribution in [1.29, 1.82) is 5.26 Å². The molecule has 106 valence electrons. The molecule has 2 aromatic carbocycles. The molecule has 0 spiro atoms. The minimum absolute atomic E-state index is 0.00550. The fourth-order valence-corrected chi connectivity index (χ4v) is 2.14. The fraction of sp³-hybridized carbons (Fsp3) is 0. The maximum atomic E-state index is 13.8. The standard InChI is InChI=1S/C17H11FN4/c18-14-8-12(6-7-13(14)10-19)16-9-15(21-17(20)22-16)11-4-2-1-3-5-11/h1-9H,(H2,20,21,22). The number of hydrogen-bond donors (Lipinski definition) is 1. The van der Waals surface area contributed by atoms with Gasteiger partial charge in [0.25, 0.3) is 0 Å². The van der Waals surface area contributed by atoms with Gasteiger partial charge in [-0.3, -0.25) is 0 Å². The molecular formula is C17H11FN4. The number of aromatic nitrogens is 2. The van der Waals surface area contributed by atoms with E-state index in [9.17, 15) is 4.39 Å². The first-order chi connectivity index (χ1) is 10.7. The number of nitrogens with zero attached hydrogens (tertiary/aromatic N) is 3. The molecule has 0 aliphatic carbocycles. The van der Waals surface area contributed by atoms with Crippen molar-refractivity contribution in [2.24, 2.45) is 0 Å². The Balaban J connectivity index is 2.11. The summed E-state index contributed by atoms with van der Waals surface area (Å²) in [5, 5.41) is 8.78. The first-order valence-electron chi connectivity index (χ1n) is 6.57. The monoisotopic (exact) mass is 290 g/mol. The molecule has 3 rings (SSSR count). The van der Waals surface area contributed by atoms with Gasteiger partial charge in [0.15, 0.2) is 0 Å². The second kappa shape index (κ2) is 5.62.